The van der Waals surface area contributed by atoms with Crippen molar-refractivity contribution in [3.63, 3.8) is 0 Å². The maximum absolute atomic E-state index is 11.9. The predicted octanol–water partition coefficient (Wildman–Crippen LogP) is 2.15. The van der Waals surface area contributed by atoms with E-state index in [0.717, 1.165) is 31.8 Å². The highest BCUT2D eigenvalue weighted by Gasteiger charge is 2.37. The van der Waals surface area contributed by atoms with Gasteiger partial charge in [0.05, 0.1) is 0 Å². The minimum Gasteiger partial charge on any atom is -0.339 e. The summed E-state index contributed by atoms with van der Waals surface area (Å²) in [5.74, 6) is 1.73. The average molecular weight is 238 g/mol. The zero-order chi connectivity index (χ0) is 12.3. The van der Waals surface area contributed by atoms with E-state index in [4.69, 9.17) is 5.73 Å². The van der Waals surface area contributed by atoms with Crippen LogP contribution in [0.5, 0.6) is 0 Å². The second kappa shape index (κ2) is 5.85. The Labute approximate surface area is 105 Å². The van der Waals surface area contributed by atoms with Gasteiger partial charge >= 0.3 is 0 Å². The minimum absolute atomic E-state index is 0.366. The molecule has 0 spiro atoms. The van der Waals surface area contributed by atoms with E-state index in [1.165, 1.54) is 32.1 Å². The minimum atomic E-state index is 0.366. The van der Waals surface area contributed by atoms with Crippen molar-refractivity contribution in [2.24, 2.45) is 17.6 Å². The van der Waals surface area contributed by atoms with Gasteiger partial charge in [0.25, 0.3) is 0 Å². The third kappa shape index (κ3) is 2.82. The Hall–Kier alpha value is -0.570. The molecule has 17 heavy (non-hydrogen) atoms. The second-order valence-corrected chi connectivity index (χ2v) is 5.72. The maximum Gasteiger partial charge on any atom is 0.222 e. The Kier molecular flexibility index (Phi) is 4.43. The fourth-order valence-corrected chi connectivity index (χ4v) is 3.64. The molecule has 2 N–H and O–H groups in total. The summed E-state index contributed by atoms with van der Waals surface area (Å²) in [6.45, 7) is 3.97. The van der Waals surface area contributed by atoms with Crippen LogP contribution in [0.2, 0.25) is 0 Å². The van der Waals surface area contributed by atoms with Crippen LogP contribution in [0.1, 0.15) is 51.9 Å². The second-order valence-electron chi connectivity index (χ2n) is 5.72. The topological polar surface area (TPSA) is 46.3 Å². The summed E-state index contributed by atoms with van der Waals surface area (Å²) < 4.78 is 0. The van der Waals surface area contributed by atoms with Gasteiger partial charge in [-0.1, -0.05) is 19.8 Å². The Morgan fingerprint density at radius 3 is 2.82 bits per heavy atom. The lowest BCUT2D eigenvalue weighted by Gasteiger charge is -2.41. The molecule has 1 saturated carbocycles. The van der Waals surface area contributed by atoms with Gasteiger partial charge in [-0.3, -0.25) is 4.79 Å². The van der Waals surface area contributed by atoms with E-state index >= 15 is 0 Å². The number of rotatable bonds is 4. The molecule has 1 saturated heterocycles. The van der Waals surface area contributed by atoms with Crippen molar-refractivity contribution < 1.29 is 4.79 Å². The zero-order valence-corrected chi connectivity index (χ0v) is 11.0. The summed E-state index contributed by atoms with van der Waals surface area (Å²) >= 11 is 0. The van der Waals surface area contributed by atoms with Gasteiger partial charge in [0.15, 0.2) is 0 Å². The maximum atomic E-state index is 11.9. The first-order chi connectivity index (χ1) is 8.26. The third-order valence-electron chi connectivity index (χ3n) is 4.57. The van der Waals surface area contributed by atoms with Crippen LogP contribution >= 0.6 is 0 Å². The van der Waals surface area contributed by atoms with Gasteiger partial charge in [0.2, 0.25) is 5.91 Å². The molecule has 0 aromatic heterocycles. The highest BCUT2D eigenvalue weighted by Crippen LogP contribution is 2.35. The standard InChI is InChI=1S/C14H26N2O/c1-2-4-11-6-7-12(10-15)13(9-11)16-8-3-5-14(16)17/h11-13H,2-10,15H2,1H3. The molecule has 1 amide bonds. The molecule has 0 aromatic rings. The van der Waals surface area contributed by atoms with Crippen LogP contribution in [0.15, 0.2) is 0 Å². The van der Waals surface area contributed by atoms with Crippen molar-refractivity contribution in [1.82, 2.24) is 4.90 Å². The van der Waals surface area contributed by atoms with E-state index in [2.05, 4.69) is 11.8 Å². The molecule has 3 atom stereocenters. The zero-order valence-electron chi connectivity index (χ0n) is 11.0. The molecule has 2 rings (SSSR count). The van der Waals surface area contributed by atoms with E-state index in [1.807, 2.05) is 0 Å². The fraction of sp³-hybridized carbons (Fsp3) is 0.929. The smallest absolute Gasteiger partial charge is 0.222 e. The van der Waals surface area contributed by atoms with Gasteiger partial charge < -0.3 is 10.6 Å². The van der Waals surface area contributed by atoms with Gasteiger partial charge in [-0.2, -0.15) is 0 Å². The van der Waals surface area contributed by atoms with Crippen LogP contribution in [0.4, 0.5) is 0 Å². The van der Waals surface area contributed by atoms with Crippen LogP contribution in [-0.4, -0.2) is 29.9 Å². The SMILES string of the molecule is CCCC1CCC(CN)C(N2CCCC2=O)C1. The number of carbonyl (C=O) groups is 1. The first-order valence-electron chi connectivity index (χ1n) is 7.25. The van der Waals surface area contributed by atoms with Crippen molar-refractivity contribution in [2.45, 2.75) is 57.9 Å². The molecule has 0 aromatic carbocycles. The van der Waals surface area contributed by atoms with Crippen LogP contribution < -0.4 is 5.73 Å². The highest BCUT2D eigenvalue weighted by molar-refractivity contribution is 5.78. The Balaban J connectivity index is 2.01. The summed E-state index contributed by atoms with van der Waals surface area (Å²) in [6, 6.07) is 0.445. The van der Waals surface area contributed by atoms with Crippen molar-refractivity contribution in [2.75, 3.05) is 13.1 Å². The summed E-state index contributed by atoms with van der Waals surface area (Å²) in [5, 5.41) is 0. The normalized spacial score (nSPS) is 34.4. The summed E-state index contributed by atoms with van der Waals surface area (Å²) in [4.78, 5) is 14.0. The lowest BCUT2D eigenvalue weighted by atomic mass is 9.76. The third-order valence-corrected chi connectivity index (χ3v) is 4.57. The number of carbonyl (C=O) groups excluding carboxylic acids is 1. The lowest BCUT2D eigenvalue weighted by Crippen LogP contribution is -2.47. The summed E-state index contributed by atoms with van der Waals surface area (Å²) in [6.07, 6.45) is 8.11. The Morgan fingerprint density at radius 2 is 2.24 bits per heavy atom. The van der Waals surface area contributed by atoms with E-state index < -0.39 is 0 Å². The van der Waals surface area contributed by atoms with E-state index in [9.17, 15) is 4.79 Å². The molecule has 3 heteroatoms. The number of nitrogens with zero attached hydrogens (tertiary/aromatic N) is 1. The first kappa shape index (κ1) is 12.9. The summed E-state index contributed by atoms with van der Waals surface area (Å²) in [5.41, 5.74) is 5.89. The average Bonchev–Trinajstić information content (AvgIpc) is 2.76. The number of hydrogen-bond donors (Lipinski definition) is 1. The molecule has 3 unspecified atom stereocenters. The summed E-state index contributed by atoms with van der Waals surface area (Å²) in [7, 11) is 0. The molecular formula is C14H26N2O. The first-order valence-corrected chi connectivity index (χ1v) is 7.25. The quantitative estimate of drug-likeness (QED) is 0.815. The lowest BCUT2D eigenvalue weighted by molar-refractivity contribution is -0.131. The van der Waals surface area contributed by atoms with Gasteiger partial charge in [-0.05, 0) is 44.1 Å². The van der Waals surface area contributed by atoms with Crippen molar-refractivity contribution in [3.05, 3.63) is 0 Å². The fourth-order valence-electron chi connectivity index (χ4n) is 3.64. The molecule has 3 nitrogen and oxygen atoms in total. The van der Waals surface area contributed by atoms with E-state index in [-0.39, 0.29) is 0 Å². The number of hydrogen-bond acceptors (Lipinski definition) is 2. The van der Waals surface area contributed by atoms with Gasteiger partial charge in [-0.25, -0.2) is 0 Å². The highest BCUT2D eigenvalue weighted by atomic mass is 16.2. The van der Waals surface area contributed by atoms with Gasteiger partial charge in [0.1, 0.15) is 0 Å². The molecule has 0 radical (unpaired) electrons. The number of nitrogens with two attached hydrogens (primary N) is 1. The van der Waals surface area contributed by atoms with Gasteiger partial charge in [0, 0.05) is 19.0 Å². The molecule has 2 fully saturated rings. The van der Waals surface area contributed by atoms with Crippen LogP contribution in [0.25, 0.3) is 0 Å². The van der Waals surface area contributed by atoms with Gasteiger partial charge in [-0.15, -0.1) is 0 Å². The molecule has 0 bridgehead atoms. The van der Waals surface area contributed by atoms with E-state index in [1.54, 1.807) is 0 Å². The van der Waals surface area contributed by atoms with Crippen molar-refractivity contribution in [3.8, 4) is 0 Å². The van der Waals surface area contributed by atoms with Crippen LogP contribution in [0, 0.1) is 11.8 Å². The van der Waals surface area contributed by atoms with Crippen molar-refractivity contribution in [1.29, 1.82) is 0 Å². The molecule has 98 valence electrons. The molecule has 1 aliphatic heterocycles. The number of likely N-dealkylation sites (tertiary alicyclic amines) is 1. The van der Waals surface area contributed by atoms with Crippen LogP contribution in [0.3, 0.4) is 0 Å². The van der Waals surface area contributed by atoms with E-state index in [0.29, 0.717) is 17.9 Å². The molecular weight excluding hydrogens is 212 g/mol. The van der Waals surface area contributed by atoms with Crippen molar-refractivity contribution >= 4 is 5.91 Å². The molecule has 1 aliphatic carbocycles. The number of amides is 1. The Bertz CT molecular complexity index is 267. The predicted molar refractivity (Wildman–Crippen MR) is 69.5 cm³/mol. The Morgan fingerprint density at radius 1 is 1.41 bits per heavy atom. The largest absolute Gasteiger partial charge is 0.339 e. The molecule has 2 aliphatic rings. The monoisotopic (exact) mass is 238 g/mol. The molecule has 1 heterocycles. The van der Waals surface area contributed by atoms with Crippen LogP contribution in [-0.2, 0) is 4.79 Å².